The van der Waals surface area contributed by atoms with E-state index < -0.39 is 11.7 Å². The Hall–Kier alpha value is -1.15. The fourth-order valence-electron chi connectivity index (χ4n) is 0.952. The van der Waals surface area contributed by atoms with E-state index in [2.05, 4.69) is 46.8 Å². The largest absolute Gasteiger partial charge is 0.443 e. The van der Waals surface area contributed by atoms with E-state index in [4.69, 9.17) is 4.74 Å². The molecule has 0 aromatic carbocycles. The van der Waals surface area contributed by atoms with Crippen molar-refractivity contribution in [2.45, 2.75) is 26.4 Å². The van der Waals surface area contributed by atoms with E-state index in [-0.39, 0.29) is 0 Å². The average Bonchev–Trinajstić information content (AvgIpc) is 2.88. The molecule has 0 amide bonds. The lowest BCUT2D eigenvalue weighted by Crippen LogP contribution is -2.26. The normalized spacial score (nSPS) is 10.6. The maximum Gasteiger partial charge on any atom is 0.419 e. The van der Waals surface area contributed by atoms with Crippen molar-refractivity contribution in [1.29, 1.82) is 0 Å². The summed E-state index contributed by atoms with van der Waals surface area (Å²) in [4.78, 5) is 21.7. The molecule has 0 unspecified atom stereocenters. The second-order valence-electron chi connectivity index (χ2n) is 4.48. The summed E-state index contributed by atoms with van der Waals surface area (Å²) >= 11 is 6.30. The molecular formula is C11H14Br2N4O2. The number of aromatic nitrogens is 4. The standard InChI is InChI=1S/C8H11BrN2O2.C3H3BrN2/c1-8(2,3)13-7(12)11-4-6(9)10-5-11;4-3-1-5-2-6-3/h4-5H,1-3H3;1-2H,(H,5,6). The van der Waals surface area contributed by atoms with Gasteiger partial charge in [-0.1, -0.05) is 0 Å². The van der Waals surface area contributed by atoms with Gasteiger partial charge in [0.05, 0.1) is 12.5 Å². The van der Waals surface area contributed by atoms with Crippen LogP contribution in [0.3, 0.4) is 0 Å². The van der Waals surface area contributed by atoms with Crippen molar-refractivity contribution in [3.63, 3.8) is 0 Å². The number of H-pyrrole nitrogens is 1. The Morgan fingerprint density at radius 2 is 2.11 bits per heavy atom. The Labute approximate surface area is 127 Å². The molecule has 2 heterocycles. The topological polar surface area (TPSA) is 72.8 Å². The van der Waals surface area contributed by atoms with Crippen molar-refractivity contribution < 1.29 is 9.53 Å². The molecule has 19 heavy (non-hydrogen) atoms. The van der Waals surface area contributed by atoms with Crippen molar-refractivity contribution >= 4 is 38.0 Å². The van der Waals surface area contributed by atoms with Crippen LogP contribution in [0.25, 0.3) is 0 Å². The molecule has 0 saturated heterocycles. The summed E-state index contributed by atoms with van der Waals surface area (Å²) in [7, 11) is 0. The Morgan fingerprint density at radius 1 is 1.42 bits per heavy atom. The molecule has 0 fully saturated rings. The van der Waals surface area contributed by atoms with Gasteiger partial charge in [0.2, 0.25) is 0 Å². The summed E-state index contributed by atoms with van der Waals surface area (Å²) in [6, 6.07) is 0. The fourth-order valence-corrected chi connectivity index (χ4v) is 1.48. The molecule has 2 aromatic heterocycles. The lowest BCUT2D eigenvalue weighted by atomic mass is 10.2. The lowest BCUT2D eigenvalue weighted by molar-refractivity contribution is 0.0536. The molecule has 2 rings (SSSR count). The molecule has 0 radical (unpaired) electrons. The van der Waals surface area contributed by atoms with E-state index >= 15 is 0 Å². The van der Waals surface area contributed by atoms with Gasteiger partial charge >= 0.3 is 6.09 Å². The van der Waals surface area contributed by atoms with Crippen molar-refractivity contribution in [2.75, 3.05) is 0 Å². The molecule has 0 aliphatic carbocycles. The Balaban J connectivity index is 0.000000250. The number of ether oxygens (including phenoxy) is 1. The van der Waals surface area contributed by atoms with Gasteiger partial charge in [-0.15, -0.1) is 0 Å². The number of imidazole rings is 2. The Bertz CT molecular complexity index is 517. The van der Waals surface area contributed by atoms with Crippen molar-refractivity contribution in [3.8, 4) is 0 Å². The van der Waals surface area contributed by atoms with Gasteiger partial charge in [-0.25, -0.2) is 19.3 Å². The highest BCUT2D eigenvalue weighted by molar-refractivity contribution is 9.10. The van der Waals surface area contributed by atoms with Crippen LogP contribution < -0.4 is 0 Å². The fraction of sp³-hybridized carbons (Fsp3) is 0.364. The number of nitrogens with zero attached hydrogens (tertiary/aromatic N) is 3. The van der Waals surface area contributed by atoms with E-state index in [9.17, 15) is 4.79 Å². The van der Waals surface area contributed by atoms with Gasteiger partial charge in [0.25, 0.3) is 0 Å². The number of carbonyl (C=O) groups is 1. The van der Waals surface area contributed by atoms with E-state index in [1.807, 2.05) is 20.8 Å². The van der Waals surface area contributed by atoms with Gasteiger partial charge in [-0.05, 0) is 52.6 Å². The number of rotatable bonds is 0. The average molecular weight is 394 g/mol. The van der Waals surface area contributed by atoms with Crippen LogP contribution in [-0.2, 0) is 4.74 Å². The molecule has 0 bridgehead atoms. The van der Waals surface area contributed by atoms with E-state index in [0.29, 0.717) is 4.60 Å². The zero-order valence-corrected chi connectivity index (χ0v) is 13.9. The molecule has 0 saturated carbocycles. The van der Waals surface area contributed by atoms with Gasteiger partial charge in [0, 0.05) is 6.20 Å². The second kappa shape index (κ2) is 6.85. The van der Waals surface area contributed by atoms with Crippen LogP contribution in [0.4, 0.5) is 4.79 Å². The number of hydrogen-bond acceptors (Lipinski definition) is 4. The highest BCUT2D eigenvalue weighted by Gasteiger charge is 2.17. The quantitative estimate of drug-likeness (QED) is 0.742. The van der Waals surface area contributed by atoms with Crippen LogP contribution in [0, 0.1) is 0 Å². The first-order valence-corrected chi connectivity index (χ1v) is 6.93. The minimum absolute atomic E-state index is 0.425. The van der Waals surface area contributed by atoms with Gasteiger partial charge in [0.15, 0.2) is 0 Å². The zero-order valence-electron chi connectivity index (χ0n) is 10.7. The molecule has 6 nitrogen and oxygen atoms in total. The van der Waals surface area contributed by atoms with Crippen molar-refractivity contribution in [1.82, 2.24) is 19.5 Å². The van der Waals surface area contributed by atoms with E-state index in [1.165, 1.54) is 10.9 Å². The molecular weight excluding hydrogens is 380 g/mol. The third-order valence-corrected chi connectivity index (χ3v) is 2.46. The van der Waals surface area contributed by atoms with E-state index in [1.54, 1.807) is 18.7 Å². The molecule has 0 aliphatic rings. The van der Waals surface area contributed by atoms with E-state index in [0.717, 1.165) is 4.60 Å². The number of hydrogen-bond donors (Lipinski definition) is 1. The Morgan fingerprint density at radius 3 is 2.42 bits per heavy atom. The Kier molecular flexibility index (Phi) is 5.74. The molecule has 0 aliphatic heterocycles. The number of aromatic amines is 1. The maximum absolute atomic E-state index is 11.4. The van der Waals surface area contributed by atoms with Crippen molar-refractivity contribution in [3.05, 3.63) is 34.3 Å². The van der Waals surface area contributed by atoms with Gasteiger partial charge < -0.3 is 9.72 Å². The van der Waals surface area contributed by atoms with Crippen LogP contribution in [0.1, 0.15) is 20.8 Å². The van der Waals surface area contributed by atoms with Gasteiger partial charge in [0.1, 0.15) is 21.1 Å². The van der Waals surface area contributed by atoms with Crippen molar-refractivity contribution in [2.24, 2.45) is 0 Å². The molecule has 1 N–H and O–H groups in total. The maximum atomic E-state index is 11.4. The first kappa shape index (κ1) is 15.9. The summed E-state index contributed by atoms with van der Waals surface area (Å²) in [6.45, 7) is 5.45. The summed E-state index contributed by atoms with van der Waals surface area (Å²) < 4.78 is 7.92. The van der Waals surface area contributed by atoms with Crippen LogP contribution >= 0.6 is 31.9 Å². The SMILES string of the molecule is Brc1cnc[nH]1.CC(C)(C)OC(=O)n1cnc(Br)c1. The number of nitrogens with one attached hydrogen (secondary N) is 1. The third kappa shape index (κ3) is 6.53. The third-order valence-electron chi connectivity index (χ3n) is 1.62. The molecule has 104 valence electrons. The monoisotopic (exact) mass is 392 g/mol. The highest BCUT2D eigenvalue weighted by atomic mass is 79.9. The van der Waals surface area contributed by atoms with Crippen LogP contribution in [0.2, 0.25) is 0 Å². The minimum Gasteiger partial charge on any atom is -0.443 e. The van der Waals surface area contributed by atoms with Gasteiger partial charge in [-0.2, -0.15) is 0 Å². The summed E-state index contributed by atoms with van der Waals surface area (Å²) in [5, 5.41) is 0. The summed E-state index contributed by atoms with van der Waals surface area (Å²) in [5.41, 5.74) is -0.478. The highest BCUT2D eigenvalue weighted by Crippen LogP contribution is 2.10. The summed E-state index contributed by atoms with van der Waals surface area (Å²) in [6.07, 6.45) is 5.83. The minimum atomic E-state index is -0.478. The predicted molar refractivity (Wildman–Crippen MR) is 77.8 cm³/mol. The molecule has 8 heteroatoms. The number of halogens is 2. The molecule has 0 spiro atoms. The molecule has 0 atom stereocenters. The van der Waals surface area contributed by atoms with Gasteiger partial charge in [-0.3, -0.25) is 0 Å². The first-order valence-electron chi connectivity index (χ1n) is 5.34. The lowest BCUT2D eigenvalue weighted by Gasteiger charge is -2.18. The number of carbonyl (C=O) groups excluding carboxylic acids is 1. The van der Waals surface area contributed by atoms with Crippen LogP contribution in [-0.4, -0.2) is 31.2 Å². The second-order valence-corrected chi connectivity index (χ2v) is 6.15. The summed E-state index contributed by atoms with van der Waals surface area (Å²) in [5.74, 6) is 0. The predicted octanol–water partition coefficient (Wildman–Crippen LogP) is 3.60. The smallest absolute Gasteiger partial charge is 0.419 e. The van der Waals surface area contributed by atoms with Crippen LogP contribution in [0.15, 0.2) is 34.3 Å². The first-order chi connectivity index (χ1) is 8.78. The molecule has 2 aromatic rings. The zero-order chi connectivity index (χ0) is 14.5. The van der Waals surface area contributed by atoms with Crippen LogP contribution in [0.5, 0.6) is 0 Å².